The molecule has 3 aromatic rings. The van der Waals surface area contributed by atoms with Crippen molar-refractivity contribution in [1.82, 2.24) is 9.78 Å². The molecule has 2 aromatic carbocycles. The number of hydrogen-bond donors (Lipinski definition) is 1. The number of carbonyl (C=O) groups excluding carboxylic acids is 2. The Labute approximate surface area is 168 Å². The lowest BCUT2D eigenvalue weighted by Gasteiger charge is -2.32. The van der Waals surface area contributed by atoms with Crippen LogP contribution in [0.25, 0.3) is 5.69 Å². The molecule has 29 heavy (non-hydrogen) atoms. The van der Waals surface area contributed by atoms with E-state index in [4.69, 9.17) is 6.42 Å². The van der Waals surface area contributed by atoms with Gasteiger partial charge in [0.2, 0.25) is 11.8 Å². The standard InChI is InChI=1S/C23H18N4O2/c1-3-12-26-19-11-7-5-9-16(19)23(22(26)29)13-20(28)25-21-17(23)14-24-27(21)18-10-6-4-8-15(18)2/h1,4-11,14H,12-13H2,2H3,(H,25,28)/t23-/m1/s1. The zero-order chi connectivity index (χ0) is 20.2. The molecular formula is C23H18N4O2. The number of carbonyl (C=O) groups is 2. The van der Waals surface area contributed by atoms with Crippen LogP contribution in [0.5, 0.6) is 0 Å². The number of para-hydroxylation sites is 2. The molecule has 2 amide bonds. The average molecular weight is 382 g/mol. The van der Waals surface area contributed by atoms with Crippen LogP contribution in [0.4, 0.5) is 11.5 Å². The van der Waals surface area contributed by atoms with Crippen molar-refractivity contribution in [2.45, 2.75) is 18.8 Å². The number of fused-ring (bicyclic) bond motifs is 4. The highest BCUT2D eigenvalue weighted by Gasteiger charge is 2.56. The van der Waals surface area contributed by atoms with E-state index in [0.29, 0.717) is 11.4 Å². The summed E-state index contributed by atoms with van der Waals surface area (Å²) in [5, 5.41) is 7.49. The van der Waals surface area contributed by atoms with Gasteiger partial charge in [-0.3, -0.25) is 14.5 Å². The Morgan fingerprint density at radius 2 is 1.83 bits per heavy atom. The maximum atomic E-state index is 13.7. The SMILES string of the molecule is C#CCN1C(=O)[C@]2(CC(=O)Nc3c2cnn3-c2ccccc2C)c2ccccc21. The number of amides is 2. The molecule has 0 bridgehead atoms. The van der Waals surface area contributed by atoms with Crippen LogP contribution in [0.1, 0.15) is 23.1 Å². The summed E-state index contributed by atoms with van der Waals surface area (Å²) in [6.07, 6.45) is 7.24. The van der Waals surface area contributed by atoms with Crippen LogP contribution < -0.4 is 10.2 Å². The molecule has 0 saturated carbocycles. The lowest BCUT2D eigenvalue weighted by atomic mass is 9.72. The van der Waals surface area contributed by atoms with Gasteiger partial charge in [-0.25, -0.2) is 4.68 Å². The Hall–Kier alpha value is -3.85. The molecule has 142 valence electrons. The third-order valence-electron chi connectivity index (χ3n) is 5.77. The highest BCUT2D eigenvalue weighted by Crippen LogP contribution is 2.52. The third-order valence-corrected chi connectivity index (χ3v) is 5.77. The van der Waals surface area contributed by atoms with Crippen LogP contribution >= 0.6 is 0 Å². The van der Waals surface area contributed by atoms with Crippen LogP contribution in [0, 0.1) is 19.3 Å². The summed E-state index contributed by atoms with van der Waals surface area (Å²) in [5.41, 5.74) is 2.98. The van der Waals surface area contributed by atoms with E-state index in [2.05, 4.69) is 16.3 Å². The van der Waals surface area contributed by atoms with Crippen molar-refractivity contribution in [3.63, 3.8) is 0 Å². The number of terminal acetylenes is 1. The maximum absolute atomic E-state index is 13.7. The monoisotopic (exact) mass is 382 g/mol. The largest absolute Gasteiger partial charge is 0.310 e. The summed E-state index contributed by atoms with van der Waals surface area (Å²) in [7, 11) is 0. The van der Waals surface area contributed by atoms with Crippen molar-refractivity contribution in [3.05, 3.63) is 71.4 Å². The molecule has 1 spiro atoms. The number of nitrogens with zero attached hydrogens (tertiary/aromatic N) is 3. The average Bonchev–Trinajstić information content (AvgIpc) is 3.23. The van der Waals surface area contributed by atoms with Crippen molar-refractivity contribution in [3.8, 4) is 18.0 Å². The molecule has 6 nitrogen and oxygen atoms in total. The van der Waals surface area contributed by atoms with E-state index in [0.717, 1.165) is 22.5 Å². The van der Waals surface area contributed by atoms with Gasteiger partial charge < -0.3 is 5.32 Å². The summed E-state index contributed by atoms with van der Waals surface area (Å²) in [4.78, 5) is 28.1. The number of anilines is 2. The highest BCUT2D eigenvalue weighted by molar-refractivity contribution is 6.16. The van der Waals surface area contributed by atoms with Crippen molar-refractivity contribution in [2.75, 3.05) is 16.8 Å². The van der Waals surface area contributed by atoms with Crippen molar-refractivity contribution < 1.29 is 9.59 Å². The Bertz CT molecular complexity index is 1220. The van der Waals surface area contributed by atoms with Crippen molar-refractivity contribution in [2.24, 2.45) is 0 Å². The van der Waals surface area contributed by atoms with Gasteiger partial charge in [0, 0.05) is 17.7 Å². The van der Waals surface area contributed by atoms with E-state index in [9.17, 15) is 9.59 Å². The first-order chi connectivity index (χ1) is 14.1. The second-order valence-corrected chi connectivity index (χ2v) is 7.35. The number of aryl methyl sites for hydroxylation is 1. The van der Waals surface area contributed by atoms with Gasteiger partial charge >= 0.3 is 0 Å². The molecule has 5 rings (SSSR count). The Balaban J connectivity index is 1.78. The smallest absolute Gasteiger partial charge is 0.243 e. The molecule has 3 heterocycles. The molecule has 1 atom stereocenters. The second-order valence-electron chi connectivity index (χ2n) is 7.35. The molecule has 0 unspecified atom stereocenters. The number of nitrogens with one attached hydrogen (secondary N) is 1. The predicted octanol–water partition coefficient (Wildman–Crippen LogP) is 2.79. The van der Waals surface area contributed by atoms with E-state index in [1.165, 1.54) is 0 Å². The Morgan fingerprint density at radius 3 is 2.59 bits per heavy atom. The van der Waals surface area contributed by atoms with Crippen LogP contribution in [0.2, 0.25) is 0 Å². The minimum Gasteiger partial charge on any atom is -0.310 e. The molecule has 0 saturated heterocycles. The number of benzene rings is 2. The third kappa shape index (κ3) is 2.21. The van der Waals surface area contributed by atoms with Crippen LogP contribution in [0.3, 0.4) is 0 Å². The van der Waals surface area contributed by atoms with Gasteiger partial charge in [-0.15, -0.1) is 6.42 Å². The molecular weight excluding hydrogens is 364 g/mol. The van der Waals surface area contributed by atoms with Gasteiger partial charge in [0.15, 0.2) is 0 Å². The van der Waals surface area contributed by atoms with Gasteiger partial charge in [-0.05, 0) is 30.2 Å². The normalized spacial score (nSPS) is 19.7. The fraction of sp³-hybridized carbons (Fsp3) is 0.174. The van der Waals surface area contributed by atoms with E-state index < -0.39 is 5.41 Å². The Morgan fingerprint density at radius 1 is 1.10 bits per heavy atom. The van der Waals surface area contributed by atoms with Gasteiger partial charge in [-0.1, -0.05) is 42.3 Å². The van der Waals surface area contributed by atoms with Gasteiger partial charge in [0.05, 0.1) is 18.4 Å². The number of rotatable bonds is 2. The van der Waals surface area contributed by atoms with Gasteiger partial charge in [0.25, 0.3) is 0 Å². The quantitative estimate of drug-likeness (QED) is 0.693. The molecule has 0 aliphatic carbocycles. The molecule has 2 aliphatic heterocycles. The topological polar surface area (TPSA) is 67.2 Å². The summed E-state index contributed by atoms with van der Waals surface area (Å²) in [5.74, 6) is 2.68. The lowest BCUT2D eigenvalue weighted by Crippen LogP contribution is -2.46. The fourth-order valence-corrected chi connectivity index (χ4v) is 4.48. The zero-order valence-electron chi connectivity index (χ0n) is 15.8. The van der Waals surface area contributed by atoms with Crippen LogP contribution in [-0.4, -0.2) is 28.1 Å². The van der Waals surface area contributed by atoms with Crippen molar-refractivity contribution >= 4 is 23.3 Å². The molecule has 2 aliphatic rings. The van der Waals surface area contributed by atoms with Gasteiger partial charge in [-0.2, -0.15) is 5.10 Å². The first-order valence-electron chi connectivity index (χ1n) is 9.37. The summed E-state index contributed by atoms with van der Waals surface area (Å²) in [6, 6.07) is 15.3. The molecule has 1 N–H and O–H groups in total. The highest BCUT2D eigenvalue weighted by atomic mass is 16.2. The first kappa shape index (κ1) is 17.3. The number of aromatic nitrogens is 2. The summed E-state index contributed by atoms with van der Waals surface area (Å²) in [6.45, 7) is 2.13. The van der Waals surface area contributed by atoms with E-state index in [1.807, 2.05) is 55.5 Å². The minimum absolute atomic E-state index is 0.0242. The van der Waals surface area contributed by atoms with E-state index in [-0.39, 0.29) is 24.8 Å². The van der Waals surface area contributed by atoms with Crippen LogP contribution in [-0.2, 0) is 15.0 Å². The second kappa shape index (κ2) is 6.08. The summed E-state index contributed by atoms with van der Waals surface area (Å²) >= 11 is 0. The molecule has 0 radical (unpaired) electrons. The minimum atomic E-state index is -1.12. The molecule has 0 fully saturated rings. The first-order valence-corrected chi connectivity index (χ1v) is 9.37. The van der Waals surface area contributed by atoms with E-state index >= 15 is 0 Å². The molecule has 1 aromatic heterocycles. The van der Waals surface area contributed by atoms with Crippen molar-refractivity contribution in [1.29, 1.82) is 0 Å². The fourth-order valence-electron chi connectivity index (χ4n) is 4.48. The number of hydrogen-bond acceptors (Lipinski definition) is 3. The predicted molar refractivity (Wildman–Crippen MR) is 110 cm³/mol. The maximum Gasteiger partial charge on any atom is 0.243 e. The van der Waals surface area contributed by atoms with Crippen LogP contribution in [0.15, 0.2) is 54.7 Å². The summed E-state index contributed by atoms with van der Waals surface area (Å²) < 4.78 is 1.70. The zero-order valence-corrected chi connectivity index (χ0v) is 15.8. The lowest BCUT2D eigenvalue weighted by molar-refractivity contribution is -0.126. The Kier molecular flexibility index (Phi) is 3.62. The van der Waals surface area contributed by atoms with Gasteiger partial charge in [0.1, 0.15) is 11.2 Å². The molecule has 6 heteroatoms. The van der Waals surface area contributed by atoms with E-state index in [1.54, 1.807) is 15.8 Å².